The van der Waals surface area contributed by atoms with Gasteiger partial charge in [0.25, 0.3) is 0 Å². The lowest BCUT2D eigenvalue weighted by molar-refractivity contribution is 0.408. The van der Waals surface area contributed by atoms with E-state index in [2.05, 4.69) is 25.5 Å². The average molecular weight is 316 g/mol. The molecule has 0 N–H and O–H groups in total. The Morgan fingerprint density at radius 1 is 1.47 bits per heavy atom. The van der Waals surface area contributed by atoms with Crippen LogP contribution in [-0.2, 0) is 6.54 Å². The topological polar surface area (TPSA) is 27.1 Å². The van der Waals surface area contributed by atoms with Crippen LogP contribution in [0, 0.1) is 6.92 Å². The van der Waals surface area contributed by atoms with Gasteiger partial charge in [0.1, 0.15) is 16.2 Å². The number of halogens is 2. The maximum atomic E-state index is 5.93. The molecule has 17 heavy (non-hydrogen) atoms. The Labute approximate surface area is 114 Å². The van der Waals surface area contributed by atoms with E-state index >= 15 is 0 Å². The van der Waals surface area contributed by atoms with Gasteiger partial charge in [-0.1, -0.05) is 17.7 Å². The van der Waals surface area contributed by atoms with Crippen LogP contribution >= 0.6 is 27.5 Å². The zero-order valence-corrected chi connectivity index (χ0v) is 11.9. The lowest BCUT2D eigenvalue weighted by Crippen LogP contribution is -2.02. The van der Waals surface area contributed by atoms with Crippen LogP contribution in [0.2, 0.25) is 5.02 Å². The number of rotatable bonds is 3. The molecule has 2 aromatic rings. The Morgan fingerprint density at radius 2 is 2.24 bits per heavy atom. The van der Waals surface area contributed by atoms with Crippen LogP contribution in [0.1, 0.15) is 11.4 Å². The molecule has 3 nitrogen and oxygen atoms in total. The second kappa shape index (κ2) is 5.10. The number of hydrogen-bond acceptors (Lipinski definition) is 2. The Balaban J connectivity index is 2.32. The van der Waals surface area contributed by atoms with E-state index in [1.165, 1.54) is 0 Å². The molecule has 1 aromatic carbocycles. The van der Waals surface area contributed by atoms with E-state index in [4.69, 9.17) is 16.3 Å². The molecule has 0 aliphatic carbocycles. The van der Waals surface area contributed by atoms with Gasteiger partial charge in [0, 0.05) is 16.8 Å². The van der Waals surface area contributed by atoms with E-state index in [-0.39, 0.29) is 0 Å². The normalized spacial score (nSPS) is 10.6. The van der Waals surface area contributed by atoms with Crippen molar-refractivity contribution in [3.8, 4) is 5.75 Å². The highest BCUT2D eigenvalue weighted by Gasteiger charge is 2.07. The maximum Gasteiger partial charge on any atom is 0.125 e. The molecule has 1 heterocycles. The molecule has 0 aliphatic heterocycles. The summed E-state index contributed by atoms with van der Waals surface area (Å²) in [7, 11) is 1.64. The number of nitrogens with zero attached hydrogens (tertiary/aromatic N) is 2. The van der Waals surface area contributed by atoms with E-state index in [0.717, 1.165) is 21.7 Å². The molecule has 0 saturated heterocycles. The number of aryl methyl sites for hydroxylation is 1. The van der Waals surface area contributed by atoms with Crippen LogP contribution in [0.5, 0.6) is 5.75 Å². The number of aromatic nitrogens is 2. The quantitative estimate of drug-likeness (QED) is 0.864. The van der Waals surface area contributed by atoms with Gasteiger partial charge in [0.2, 0.25) is 0 Å². The molecule has 0 unspecified atom stereocenters. The number of ether oxygens (including phenoxy) is 1. The fraction of sp³-hybridized carbons (Fsp3) is 0.250. The van der Waals surface area contributed by atoms with Gasteiger partial charge in [0.05, 0.1) is 13.7 Å². The molecule has 1 aromatic heterocycles. The second-order valence-electron chi connectivity index (χ2n) is 3.69. The van der Waals surface area contributed by atoms with Crippen LogP contribution < -0.4 is 4.74 Å². The first-order valence-corrected chi connectivity index (χ1v) is 6.29. The van der Waals surface area contributed by atoms with Crippen molar-refractivity contribution >= 4 is 27.5 Å². The van der Waals surface area contributed by atoms with Crippen molar-refractivity contribution in [1.82, 2.24) is 9.55 Å². The van der Waals surface area contributed by atoms with Crippen molar-refractivity contribution in [2.75, 3.05) is 7.11 Å². The van der Waals surface area contributed by atoms with Crippen molar-refractivity contribution in [3.63, 3.8) is 0 Å². The average Bonchev–Trinajstić information content (AvgIpc) is 2.60. The maximum absolute atomic E-state index is 5.93. The van der Waals surface area contributed by atoms with E-state index in [0.29, 0.717) is 11.6 Å². The van der Waals surface area contributed by atoms with Crippen LogP contribution in [0.15, 0.2) is 29.0 Å². The number of hydrogen-bond donors (Lipinski definition) is 0. The van der Waals surface area contributed by atoms with Gasteiger partial charge in [-0.3, -0.25) is 0 Å². The third kappa shape index (κ3) is 2.82. The van der Waals surface area contributed by atoms with E-state index in [1.807, 2.05) is 31.3 Å². The summed E-state index contributed by atoms with van der Waals surface area (Å²) in [4.78, 5) is 4.29. The van der Waals surface area contributed by atoms with E-state index in [9.17, 15) is 0 Å². The van der Waals surface area contributed by atoms with Gasteiger partial charge in [-0.05, 0) is 35.0 Å². The lowest BCUT2D eigenvalue weighted by atomic mass is 10.2. The summed E-state index contributed by atoms with van der Waals surface area (Å²) in [6.45, 7) is 2.68. The first kappa shape index (κ1) is 12.5. The van der Waals surface area contributed by atoms with E-state index in [1.54, 1.807) is 7.11 Å². The molecule has 5 heteroatoms. The number of benzene rings is 1. The summed E-state index contributed by atoms with van der Waals surface area (Å²) < 4.78 is 8.20. The van der Waals surface area contributed by atoms with Crippen molar-refractivity contribution in [2.24, 2.45) is 0 Å². The summed E-state index contributed by atoms with van der Waals surface area (Å²) in [5, 5.41) is 0.675. The molecular formula is C12H12BrClN2O. The second-order valence-corrected chi connectivity index (χ2v) is 4.94. The molecular weight excluding hydrogens is 304 g/mol. The van der Waals surface area contributed by atoms with Gasteiger partial charge in [0.15, 0.2) is 0 Å². The van der Waals surface area contributed by atoms with Crippen LogP contribution in [0.4, 0.5) is 0 Å². The summed E-state index contributed by atoms with van der Waals surface area (Å²) in [6, 6.07) is 5.65. The molecule has 0 bridgehead atoms. The Kier molecular flexibility index (Phi) is 3.74. The summed E-state index contributed by atoms with van der Waals surface area (Å²) in [5.74, 6) is 1.75. The largest absolute Gasteiger partial charge is 0.496 e. The fourth-order valence-corrected chi connectivity index (χ4v) is 2.33. The minimum Gasteiger partial charge on any atom is -0.496 e. The van der Waals surface area contributed by atoms with Crippen LogP contribution in [0.3, 0.4) is 0 Å². The molecule has 0 atom stereocenters. The Hall–Kier alpha value is -1.000. The summed E-state index contributed by atoms with van der Waals surface area (Å²) in [6.07, 6.45) is 1.95. The number of methoxy groups -OCH3 is 1. The van der Waals surface area contributed by atoms with Gasteiger partial charge < -0.3 is 9.30 Å². The molecule has 0 radical (unpaired) electrons. The molecule has 2 rings (SSSR count). The Morgan fingerprint density at radius 3 is 2.82 bits per heavy atom. The third-order valence-corrected chi connectivity index (χ3v) is 3.15. The van der Waals surface area contributed by atoms with E-state index < -0.39 is 0 Å². The molecule has 90 valence electrons. The monoisotopic (exact) mass is 314 g/mol. The lowest BCUT2D eigenvalue weighted by Gasteiger charge is -2.10. The predicted octanol–water partition coefficient (Wildman–Crippen LogP) is 3.66. The summed E-state index contributed by atoms with van der Waals surface area (Å²) >= 11 is 9.29. The highest BCUT2D eigenvalue weighted by molar-refractivity contribution is 9.10. The number of imidazole rings is 1. The van der Waals surface area contributed by atoms with Gasteiger partial charge in [-0.2, -0.15) is 0 Å². The third-order valence-electron chi connectivity index (χ3n) is 2.54. The molecule has 0 spiro atoms. The van der Waals surface area contributed by atoms with Crippen molar-refractivity contribution < 1.29 is 4.74 Å². The molecule has 0 aliphatic rings. The SMILES string of the molecule is COc1cc(Cl)ccc1Cn1cc(Br)nc1C. The fourth-order valence-electron chi connectivity index (χ4n) is 1.66. The summed E-state index contributed by atoms with van der Waals surface area (Å²) in [5.41, 5.74) is 1.07. The van der Waals surface area contributed by atoms with Crippen molar-refractivity contribution in [2.45, 2.75) is 13.5 Å². The smallest absolute Gasteiger partial charge is 0.125 e. The first-order valence-electron chi connectivity index (χ1n) is 5.12. The van der Waals surface area contributed by atoms with Crippen molar-refractivity contribution in [3.05, 3.63) is 45.4 Å². The zero-order valence-electron chi connectivity index (χ0n) is 9.58. The molecule has 0 fully saturated rings. The standard InChI is InChI=1S/C12H12BrClN2O/c1-8-15-12(13)7-16(8)6-9-3-4-10(14)5-11(9)17-2/h3-5,7H,6H2,1-2H3. The zero-order chi connectivity index (χ0) is 12.4. The van der Waals surface area contributed by atoms with Gasteiger partial charge in [-0.15, -0.1) is 0 Å². The molecule has 0 saturated carbocycles. The van der Waals surface area contributed by atoms with Crippen LogP contribution in [0.25, 0.3) is 0 Å². The van der Waals surface area contributed by atoms with Crippen LogP contribution in [-0.4, -0.2) is 16.7 Å². The minimum absolute atomic E-state index is 0.675. The van der Waals surface area contributed by atoms with Crippen molar-refractivity contribution in [1.29, 1.82) is 0 Å². The highest BCUT2D eigenvalue weighted by Crippen LogP contribution is 2.24. The molecule has 0 amide bonds. The van der Waals surface area contributed by atoms with Gasteiger partial charge in [-0.25, -0.2) is 4.98 Å². The highest BCUT2D eigenvalue weighted by atomic mass is 79.9. The first-order chi connectivity index (χ1) is 8.10. The predicted molar refractivity (Wildman–Crippen MR) is 71.8 cm³/mol. The Bertz CT molecular complexity index is 539. The minimum atomic E-state index is 0.675. The van der Waals surface area contributed by atoms with Gasteiger partial charge >= 0.3 is 0 Å².